The van der Waals surface area contributed by atoms with Crippen LogP contribution in [0.2, 0.25) is 0 Å². The largest absolute Gasteiger partial charge is 0.465 e. The highest BCUT2D eigenvalue weighted by Gasteiger charge is 2.16. The molecule has 0 atom stereocenters. The van der Waals surface area contributed by atoms with E-state index in [1.165, 1.54) is 23.9 Å². The Balaban J connectivity index is 2.16. The predicted octanol–water partition coefficient (Wildman–Crippen LogP) is 3.64. The summed E-state index contributed by atoms with van der Waals surface area (Å²) in [7, 11) is 0. The highest BCUT2D eigenvalue weighted by molar-refractivity contribution is 7.98. The second-order valence-corrected chi connectivity index (χ2v) is 7.66. The van der Waals surface area contributed by atoms with Gasteiger partial charge in [-0.15, -0.1) is 11.8 Å². The van der Waals surface area contributed by atoms with Gasteiger partial charge in [-0.1, -0.05) is 23.5 Å². The molecule has 0 saturated heterocycles. The minimum absolute atomic E-state index is 0.0763. The minimum Gasteiger partial charge on any atom is -0.465 e. The van der Waals surface area contributed by atoms with E-state index in [1.807, 2.05) is 18.4 Å². The van der Waals surface area contributed by atoms with Gasteiger partial charge in [-0.2, -0.15) is 4.99 Å². The van der Waals surface area contributed by atoms with Crippen LogP contribution in [-0.2, 0) is 16.1 Å². The summed E-state index contributed by atoms with van der Waals surface area (Å²) in [6.45, 7) is 1.77. The number of amides is 1. The van der Waals surface area contributed by atoms with E-state index in [4.69, 9.17) is 4.74 Å². The number of carbonyl (C=O) groups is 2. The maximum atomic E-state index is 12.8. The van der Waals surface area contributed by atoms with Crippen LogP contribution in [-0.4, -0.2) is 34.2 Å². The lowest BCUT2D eigenvalue weighted by molar-refractivity contribution is -0.384. The van der Waals surface area contributed by atoms with Crippen molar-refractivity contribution >= 4 is 50.9 Å². The molecule has 1 aromatic heterocycles. The fourth-order valence-corrected chi connectivity index (χ4v) is 4.37. The zero-order valence-electron chi connectivity index (χ0n) is 15.7. The van der Waals surface area contributed by atoms with Crippen LogP contribution in [0.3, 0.4) is 0 Å². The highest BCUT2D eigenvalue weighted by atomic mass is 32.2. The molecule has 150 valence electrons. The Kier molecular flexibility index (Phi) is 6.45. The van der Waals surface area contributed by atoms with Gasteiger partial charge in [0.2, 0.25) is 0 Å². The van der Waals surface area contributed by atoms with Crippen LogP contribution in [0, 0.1) is 10.1 Å². The number of hydrogen-bond donors (Lipinski definition) is 0. The third-order valence-electron chi connectivity index (χ3n) is 4.00. The Morgan fingerprint density at radius 2 is 2.03 bits per heavy atom. The van der Waals surface area contributed by atoms with Gasteiger partial charge < -0.3 is 9.30 Å². The Bertz CT molecular complexity index is 1170. The van der Waals surface area contributed by atoms with Crippen LogP contribution in [0.5, 0.6) is 0 Å². The predicted molar refractivity (Wildman–Crippen MR) is 111 cm³/mol. The molecule has 0 N–H and O–H groups in total. The Hall–Kier alpha value is -2.98. The van der Waals surface area contributed by atoms with Crippen molar-refractivity contribution in [1.29, 1.82) is 0 Å². The number of fused-ring (bicyclic) bond motifs is 1. The van der Waals surface area contributed by atoms with E-state index in [0.717, 1.165) is 16.2 Å². The van der Waals surface area contributed by atoms with E-state index < -0.39 is 16.8 Å². The molecule has 0 aliphatic carbocycles. The summed E-state index contributed by atoms with van der Waals surface area (Å²) in [5.74, 6) is -0.933. The summed E-state index contributed by atoms with van der Waals surface area (Å²) in [4.78, 5) is 40.7. The van der Waals surface area contributed by atoms with Crippen LogP contribution in [0.1, 0.15) is 17.3 Å². The molecule has 2 aromatic carbocycles. The average Bonchev–Trinajstić information content (AvgIpc) is 3.04. The molecule has 3 rings (SSSR count). The van der Waals surface area contributed by atoms with E-state index in [0.29, 0.717) is 15.8 Å². The van der Waals surface area contributed by atoms with E-state index >= 15 is 0 Å². The molecule has 0 unspecified atom stereocenters. The molecule has 0 fully saturated rings. The quantitative estimate of drug-likeness (QED) is 0.255. The van der Waals surface area contributed by atoms with Crippen molar-refractivity contribution in [2.75, 3.05) is 12.9 Å². The summed E-state index contributed by atoms with van der Waals surface area (Å²) in [6, 6.07) is 11.4. The smallest absolute Gasteiger partial charge is 0.326 e. The Morgan fingerprint density at radius 3 is 2.72 bits per heavy atom. The van der Waals surface area contributed by atoms with Crippen LogP contribution in [0.25, 0.3) is 10.2 Å². The van der Waals surface area contributed by atoms with Gasteiger partial charge in [-0.05, 0) is 31.4 Å². The molecular formula is C19H17N3O5S2. The molecule has 1 amide bonds. The summed E-state index contributed by atoms with van der Waals surface area (Å²) in [5, 5.41) is 11.1. The van der Waals surface area contributed by atoms with E-state index in [1.54, 1.807) is 29.7 Å². The molecule has 1 heterocycles. The molecule has 0 bridgehead atoms. The van der Waals surface area contributed by atoms with Crippen molar-refractivity contribution in [3.63, 3.8) is 0 Å². The standard InChI is InChI=1S/C19H17N3O5S2/c1-3-27-17(23)11-21-14-9-8-12(22(25)26)10-16(14)29-19(21)20-18(24)13-6-4-5-7-15(13)28-2/h4-10H,3,11H2,1-2H3. The second-order valence-electron chi connectivity index (χ2n) is 5.80. The van der Waals surface area contributed by atoms with Gasteiger partial charge in [0.05, 0.1) is 27.3 Å². The van der Waals surface area contributed by atoms with Gasteiger partial charge in [0.25, 0.3) is 11.6 Å². The normalized spacial score (nSPS) is 11.6. The van der Waals surface area contributed by atoms with E-state index in [9.17, 15) is 19.7 Å². The number of thioether (sulfide) groups is 1. The number of rotatable bonds is 6. The first-order chi connectivity index (χ1) is 13.9. The number of benzene rings is 2. The number of aromatic nitrogens is 1. The second kappa shape index (κ2) is 9.01. The molecule has 0 aliphatic rings. The molecule has 8 nitrogen and oxygen atoms in total. The van der Waals surface area contributed by atoms with Gasteiger partial charge in [0.15, 0.2) is 4.80 Å². The van der Waals surface area contributed by atoms with Gasteiger partial charge in [-0.25, -0.2) is 0 Å². The van der Waals surface area contributed by atoms with Crippen molar-refractivity contribution < 1.29 is 19.2 Å². The van der Waals surface area contributed by atoms with Crippen molar-refractivity contribution in [2.45, 2.75) is 18.4 Å². The van der Waals surface area contributed by atoms with Gasteiger partial charge >= 0.3 is 5.97 Å². The van der Waals surface area contributed by atoms with Gasteiger partial charge in [0.1, 0.15) is 6.54 Å². The van der Waals surface area contributed by atoms with Gasteiger partial charge in [0, 0.05) is 17.0 Å². The maximum absolute atomic E-state index is 12.8. The van der Waals surface area contributed by atoms with Crippen LogP contribution in [0.15, 0.2) is 52.4 Å². The molecular weight excluding hydrogens is 414 g/mol. The summed E-state index contributed by atoms with van der Waals surface area (Å²) in [6.07, 6.45) is 1.87. The number of thiazole rings is 1. The Morgan fingerprint density at radius 1 is 1.28 bits per heavy atom. The van der Waals surface area contributed by atoms with Gasteiger partial charge in [-0.3, -0.25) is 19.7 Å². The lowest BCUT2D eigenvalue weighted by Crippen LogP contribution is -2.23. The van der Waals surface area contributed by atoms with E-state index in [2.05, 4.69) is 4.99 Å². The van der Waals surface area contributed by atoms with Crippen LogP contribution >= 0.6 is 23.1 Å². The molecule has 29 heavy (non-hydrogen) atoms. The highest BCUT2D eigenvalue weighted by Crippen LogP contribution is 2.24. The number of nitrogens with zero attached hydrogens (tertiary/aromatic N) is 3. The van der Waals surface area contributed by atoms with Crippen LogP contribution in [0.4, 0.5) is 5.69 Å². The fraction of sp³-hybridized carbons (Fsp3) is 0.211. The fourth-order valence-electron chi connectivity index (χ4n) is 2.72. The minimum atomic E-state index is -0.495. The first-order valence-electron chi connectivity index (χ1n) is 8.60. The number of nitro groups is 1. The van der Waals surface area contributed by atoms with Crippen molar-refractivity contribution in [2.24, 2.45) is 4.99 Å². The monoisotopic (exact) mass is 431 g/mol. The number of carbonyl (C=O) groups excluding carboxylic acids is 2. The number of ether oxygens (including phenoxy) is 1. The molecule has 0 radical (unpaired) electrons. The van der Waals surface area contributed by atoms with Crippen molar-refractivity contribution in [1.82, 2.24) is 4.57 Å². The topological polar surface area (TPSA) is 104 Å². The van der Waals surface area contributed by atoms with E-state index in [-0.39, 0.29) is 23.6 Å². The molecule has 0 spiro atoms. The SMILES string of the molecule is CCOC(=O)Cn1c(=NC(=O)c2ccccc2SC)sc2cc([N+](=O)[O-])ccc21. The average molecular weight is 431 g/mol. The number of hydrogen-bond acceptors (Lipinski definition) is 7. The number of nitro benzene ring substituents is 1. The Labute approximate surface area is 174 Å². The lowest BCUT2D eigenvalue weighted by Gasteiger charge is -2.05. The lowest BCUT2D eigenvalue weighted by atomic mass is 10.2. The van der Waals surface area contributed by atoms with Crippen LogP contribution < -0.4 is 4.80 Å². The zero-order chi connectivity index (χ0) is 21.0. The van der Waals surface area contributed by atoms with Crippen molar-refractivity contribution in [3.8, 4) is 0 Å². The third-order valence-corrected chi connectivity index (χ3v) is 5.84. The van der Waals surface area contributed by atoms with Crippen molar-refractivity contribution in [3.05, 3.63) is 62.9 Å². The summed E-state index contributed by atoms with van der Waals surface area (Å²) in [5.41, 5.74) is 0.942. The third kappa shape index (κ3) is 4.54. The molecule has 10 heteroatoms. The molecule has 0 aliphatic heterocycles. The zero-order valence-corrected chi connectivity index (χ0v) is 17.3. The maximum Gasteiger partial charge on any atom is 0.326 e. The molecule has 0 saturated carbocycles. The summed E-state index contributed by atoms with van der Waals surface area (Å²) >= 11 is 2.54. The summed E-state index contributed by atoms with van der Waals surface area (Å²) < 4.78 is 7.11. The molecule has 3 aromatic rings. The first-order valence-corrected chi connectivity index (χ1v) is 10.6. The number of non-ortho nitro benzene ring substituents is 1. The number of esters is 1. The first kappa shape index (κ1) is 20.7.